The average Bonchev–Trinajstić information content (AvgIpc) is 2.42. The Balaban J connectivity index is 2.55. The Kier molecular flexibility index (Phi) is 4.12. The van der Waals surface area contributed by atoms with Crippen molar-refractivity contribution in [3.8, 4) is 6.07 Å². The largest absolute Gasteiger partial charge is 0.677 e. The summed E-state index contributed by atoms with van der Waals surface area (Å²) >= 11 is 3.13. The first-order chi connectivity index (χ1) is 9.13. The van der Waals surface area contributed by atoms with E-state index in [9.17, 15) is 13.9 Å². The number of nitrogens with zero attached hydrogens (tertiary/aromatic N) is 3. The quantitative estimate of drug-likeness (QED) is 0.619. The van der Waals surface area contributed by atoms with Crippen molar-refractivity contribution in [3.05, 3.63) is 58.6 Å². The molecule has 0 aromatic carbocycles. The number of hydrogen-bond acceptors (Lipinski definition) is 3. The molecule has 1 aliphatic heterocycles. The monoisotopic (exact) mass is 321 g/mol. The molecule has 0 radical (unpaired) electrons. The van der Waals surface area contributed by atoms with Gasteiger partial charge < -0.3 is 4.81 Å². The lowest BCUT2D eigenvalue weighted by Crippen LogP contribution is -2.28. The topological polar surface area (TPSA) is 39.9 Å². The van der Waals surface area contributed by atoms with Gasteiger partial charge in [-0.2, -0.15) is 5.26 Å². The summed E-state index contributed by atoms with van der Waals surface area (Å²) in [5.74, 6) is 0. The summed E-state index contributed by atoms with van der Waals surface area (Å²) in [6, 6.07) is 6.94. The number of pyridine rings is 1. The second-order valence-corrected chi connectivity index (χ2v) is 4.53. The van der Waals surface area contributed by atoms with Gasteiger partial charge >= 0.3 is 7.40 Å². The molecule has 0 unspecified atom stereocenters. The molecular weight excluding hydrogens is 315 g/mol. The summed E-state index contributed by atoms with van der Waals surface area (Å²) in [6.45, 7) is 0. The Morgan fingerprint density at radius 1 is 1.37 bits per heavy atom. The molecule has 1 aliphatic rings. The van der Waals surface area contributed by atoms with E-state index >= 15 is 0 Å². The van der Waals surface area contributed by atoms with Crippen LogP contribution in [0.5, 0.6) is 0 Å². The third-order valence-electron chi connectivity index (χ3n) is 2.44. The van der Waals surface area contributed by atoms with Crippen LogP contribution in [0.25, 0.3) is 5.57 Å². The number of rotatable bonds is 2. The highest BCUT2D eigenvalue weighted by Crippen LogP contribution is 2.28. The molecule has 2 heterocycles. The highest BCUT2D eigenvalue weighted by atomic mass is 79.9. The maximum Gasteiger partial charge on any atom is 0.677 e. The van der Waals surface area contributed by atoms with Crippen molar-refractivity contribution >= 4 is 28.9 Å². The van der Waals surface area contributed by atoms with Crippen molar-refractivity contribution in [1.29, 1.82) is 5.26 Å². The van der Waals surface area contributed by atoms with Crippen LogP contribution < -0.4 is 0 Å². The van der Waals surface area contributed by atoms with Crippen LogP contribution in [-0.2, 0) is 0 Å². The van der Waals surface area contributed by atoms with Gasteiger partial charge in [-0.1, -0.05) is 6.07 Å². The van der Waals surface area contributed by atoms with Gasteiger partial charge in [0, 0.05) is 16.9 Å². The zero-order valence-corrected chi connectivity index (χ0v) is 11.2. The standard InChI is InChI=1S/C12H7BBrF2N3/c14-9-4-5-12(19(8-9)13(15)16)10(7-17)11-3-1-2-6-18-11/h1-6,8H/b12-10+. The van der Waals surface area contributed by atoms with Crippen LogP contribution in [-0.4, -0.2) is 17.2 Å². The Hall–Kier alpha value is -1.94. The Morgan fingerprint density at radius 2 is 2.16 bits per heavy atom. The first-order valence-corrected chi connectivity index (χ1v) is 6.10. The summed E-state index contributed by atoms with van der Waals surface area (Å²) in [5.41, 5.74) is 0.592. The van der Waals surface area contributed by atoms with E-state index in [1.165, 1.54) is 18.5 Å². The Labute approximate surface area is 117 Å². The molecule has 0 spiro atoms. The summed E-state index contributed by atoms with van der Waals surface area (Å²) in [5, 5.41) is 9.21. The number of allylic oxidation sites excluding steroid dienone is 4. The lowest BCUT2D eigenvalue weighted by molar-refractivity contribution is 0.523. The second-order valence-electron chi connectivity index (χ2n) is 3.62. The fraction of sp³-hybridized carbons (Fsp3) is 0. The molecule has 7 heteroatoms. The van der Waals surface area contributed by atoms with E-state index in [4.69, 9.17) is 0 Å². The number of hydrogen-bond donors (Lipinski definition) is 0. The molecule has 19 heavy (non-hydrogen) atoms. The summed E-state index contributed by atoms with van der Waals surface area (Å²) in [4.78, 5) is 4.75. The van der Waals surface area contributed by atoms with Gasteiger partial charge in [-0.25, -0.2) is 0 Å². The third-order valence-corrected chi connectivity index (χ3v) is 2.91. The van der Waals surface area contributed by atoms with Crippen LogP contribution in [0.2, 0.25) is 0 Å². The Bertz CT molecular complexity index is 605. The van der Waals surface area contributed by atoms with Crippen molar-refractivity contribution in [1.82, 2.24) is 9.79 Å². The first kappa shape index (κ1) is 13.5. The van der Waals surface area contributed by atoms with E-state index in [0.717, 1.165) is 4.81 Å². The van der Waals surface area contributed by atoms with Gasteiger partial charge in [-0.05, 0) is 40.2 Å². The molecular formula is C12H7BBrF2N3. The van der Waals surface area contributed by atoms with Gasteiger partial charge in [0.25, 0.3) is 0 Å². The van der Waals surface area contributed by atoms with Gasteiger partial charge in [-0.3, -0.25) is 13.6 Å². The number of halogens is 3. The molecule has 0 N–H and O–H groups in total. The zero-order chi connectivity index (χ0) is 13.8. The van der Waals surface area contributed by atoms with Gasteiger partial charge in [0.1, 0.15) is 11.6 Å². The maximum absolute atomic E-state index is 13.0. The van der Waals surface area contributed by atoms with Gasteiger partial charge in [-0.15, -0.1) is 0 Å². The predicted octanol–water partition coefficient (Wildman–Crippen LogP) is 3.35. The predicted molar refractivity (Wildman–Crippen MR) is 72.7 cm³/mol. The van der Waals surface area contributed by atoms with Crippen LogP contribution in [0.4, 0.5) is 8.63 Å². The minimum atomic E-state index is -2.74. The molecule has 1 aromatic heterocycles. The van der Waals surface area contributed by atoms with Crippen molar-refractivity contribution in [2.75, 3.05) is 0 Å². The highest BCUT2D eigenvalue weighted by Gasteiger charge is 2.29. The second kappa shape index (κ2) is 5.80. The normalized spacial score (nSPS) is 16.7. The molecule has 3 nitrogen and oxygen atoms in total. The third kappa shape index (κ3) is 2.91. The molecule has 0 bridgehead atoms. The van der Waals surface area contributed by atoms with Crippen LogP contribution in [0, 0.1) is 11.3 Å². The molecule has 2 rings (SSSR count). The molecule has 94 valence electrons. The number of aromatic nitrogens is 1. The summed E-state index contributed by atoms with van der Waals surface area (Å²) < 4.78 is 26.5. The molecule has 0 saturated carbocycles. The molecule has 0 aliphatic carbocycles. The highest BCUT2D eigenvalue weighted by molar-refractivity contribution is 9.11. The van der Waals surface area contributed by atoms with Crippen molar-refractivity contribution in [2.24, 2.45) is 0 Å². The van der Waals surface area contributed by atoms with E-state index in [-0.39, 0.29) is 11.3 Å². The van der Waals surface area contributed by atoms with Crippen molar-refractivity contribution in [2.45, 2.75) is 0 Å². The van der Waals surface area contributed by atoms with Crippen LogP contribution in [0.15, 0.2) is 52.9 Å². The first-order valence-electron chi connectivity index (χ1n) is 5.31. The van der Waals surface area contributed by atoms with Crippen LogP contribution >= 0.6 is 15.9 Å². The molecule has 0 saturated heterocycles. The minimum absolute atomic E-state index is 0.105. The van der Waals surface area contributed by atoms with E-state index in [0.29, 0.717) is 10.2 Å². The lowest BCUT2D eigenvalue weighted by atomic mass is 10.0. The van der Waals surface area contributed by atoms with E-state index in [1.54, 1.807) is 24.3 Å². The summed E-state index contributed by atoms with van der Waals surface area (Å²) in [7, 11) is -2.74. The fourth-order valence-corrected chi connectivity index (χ4v) is 1.97. The van der Waals surface area contributed by atoms with E-state index in [2.05, 4.69) is 20.9 Å². The SMILES string of the molecule is N#C/C(=C1/C=CC(Br)=CN1B(F)F)c1ccccn1. The minimum Gasteiger partial charge on any atom is -0.330 e. The maximum atomic E-state index is 13.0. The van der Waals surface area contributed by atoms with Crippen molar-refractivity contribution in [3.63, 3.8) is 0 Å². The average molecular weight is 322 g/mol. The molecule has 0 amide bonds. The smallest absolute Gasteiger partial charge is 0.330 e. The molecule has 0 fully saturated rings. The molecule has 1 aromatic rings. The van der Waals surface area contributed by atoms with Crippen LogP contribution in [0.3, 0.4) is 0 Å². The van der Waals surface area contributed by atoms with Gasteiger partial charge in [0.15, 0.2) is 0 Å². The Morgan fingerprint density at radius 3 is 2.74 bits per heavy atom. The van der Waals surface area contributed by atoms with Gasteiger partial charge in [0.05, 0.1) is 11.4 Å². The van der Waals surface area contributed by atoms with E-state index in [1.807, 2.05) is 6.07 Å². The van der Waals surface area contributed by atoms with E-state index < -0.39 is 7.40 Å². The van der Waals surface area contributed by atoms with Crippen molar-refractivity contribution < 1.29 is 8.63 Å². The summed E-state index contributed by atoms with van der Waals surface area (Å²) in [6.07, 6.45) is 5.82. The fourth-order valence-electron chi connectivity index (χ4n) is 1.62. The van der Waals surface area contributed by atoms with Gasteiger partial charge in [0.2, 0.25) is 0 Å². The molecule has 0 atom stereocenters. The van der Waals surface area contributed by atoms with Crippen LogP contribution in [0.1, 0.15) is 5.69 Å². The zero-order valence-electron chi connectivity index (χ0n) is 9.59. The lowest BCUT2D eigenvalue weighted by Gasteiger charge is -2.23. The number of nitriles is 1.